The van der Waals surface area contributed by atoms with Crippen LogP contribution < -0.4 is 10.1 Å². The van der Waals surface area contributed by atoms with Crippen molar-refractivity contribution in [2.45, 2.75) is 20.0 Å². The van der Waals surface area contributed by atoms with E-state index in [2.05, 4.69) is 10.3 Å². The van der Waals surface area contributed by atoms with Crippen molar-refractivity contribution in [1.29, 1.82) is 0 Å². The van der Waals surface area contributed by atoms with E-state index in [9.17, 15) is 0 Å². The third kappa shape index (κ3) is 4.10. The SMILES string of the molecule is CCOc1c(Cl)cc(Cl)cc1CNCc1cccnc1. The van der Waals surface area contributed by atoms with Crippen LogP contribution in [0.2, 0.25) is 10.0 Å². The third-order valence-corrected chi connectivity index (χ3v) is 3.24. The molecule has 106 valence electrons. The van der Waals surface area contributed by atoms with E-state index in [4.69, 9.17) is 27.9 Å². The molecule has 0 spiro atoms. The number of nitrogens with one attached hydrogen (secondary N) is 1. The van der Waals surface area contributed by atoms with Crippen LogP contribution in [0.5, 0.6) is 5.75 Å². The molecule has 1 aromatic heterocycles. The largest absolute Gasteiger partial charge is 0.492 e. The first-order valence-electron chi connectivity index (χ1n) is 6.41. The van der Waals surface area contributed by atoms with Crippen molar-refractivity contribution in [1.82, 2.24) is 10.3 Å². The summed E-state index contributed by atoms with van der Waals surface area (Å²) in [5.74, 6) is 0.692. The van der Waals surface area contributed by atoms with E-state index < -0.39 is 0 Å². The van der Waals surface area contributed by atoms with Gasteiger partial charge in [0.1, 0.15) is 5.75 Å². The van der Waals surface area contributed by atoms with Gasteiger partial charge in [-0.15, -0.1) is 0 Å². The second kappa shape index (κ2) is 7.48. The molecule has 1 N–H and O–H groups in total. The summed E-state index contributed by atoms with van der Waals surface area (Å²) in [6.07, 6.45) is 3.59. The van der Waals surface area contributed by atoms with Gasteiger partial charge in [0.25, 0.3) is 0 Å². The Hall–Kier alpha value is -1.29. The molecule has 0 aliphatic heterocycles. The van der Waals surface area contributed by atoms with Crippen LogP contribution in [-0.2, 0) is 13.1 Å². The van der Waals surface area contributed by atoms with Crippen LogP contribution in [0.3, 0.4) is 0 Å². The molecule has 0 unspecified atom stereocenters. The molecule has 1 heterocycles. The Morgan fingerprint density at radius 2 is 2.10 bits per heavy atom. The van der Waals surface area contributed by atoms with Gasteiger partial charge in [0.2, 0.25) is 0 Å². The van der Waals surface area contributed by atoms with E-state index in [1.54, 1.807) is 12.3 Å². The first-order valence-corrected chi connectivity index (χ1v) is 7.16. The van der Waals surface area contributed by atoms with Gasteiger partial charge in [0.15, 0.2) is 0 Å². The molecule has 0 bridgehead atoms. The fraction of sp³-hybridized carbons (Fsp3) is 0.267. The lowest BCUT2D eigenvalue weighted by atomic mass is 10.2. The zero-order valence-electron chi connectivity index (χ0n) is 11.2. The molecular weight excluding hydrogens is 295 g/mol. The van der Waals surface area contributed by atoms with Crippen molar-refractivity contribution in [3.63, 3.8) is 0 Å². The minimum Gasteiger partial charge on any atom is -0.492 e. The fourth-order valence-corrected chi connectivity index (χ4v) is 2.49. The summed E-state index contributed by atoms with van der Waals surface area (Å²) in [5.41, 5.74) is 2.08. The number of hydrogen-bond donors (Lipinski definition) is 1. The van der Waals surface area contributed by atoms with Gasteiger partial charge in [-0.3, -0.25) is 4.98 Å². The zero-order chi connectivity index (χ0) is 14.4. The zero-order valence-corrected chi connectivity index (χ0v) is 12.7. The molecule has 3 nitrogen and oxygen atoms in total. The van der Waals surface area contributed by atoms with Crippen LogP contribution in [0.4, 0.5) is 0 Å². The van der Waals surface area contributed by atoms with Gasteiger partial charge in [-0.05, 0) is 30.7 Å². The van der Waals surface area contributed by atoms with E-state index in [1.807, 2.05) is 31.3 Å². The Labute approximate surface area is 128 Å². The molecule has 0 saturated carbocycles. The van der Waals surface area contributed by atoms with Crippen molar-refractivity contribution in [3.05, 3.63) is 57.8 Å². The van der Waals surface area contributed by atoms with E-state index >= 15 is 0 Å². The Bertz CT molecular complexity index is 561. The maximum absolute atomic E-state index is 6.16. The average molecular weight is 311 g/mol. The van der Waals surface area contributed by atoms with Gasteiger partial charge in [-0.1, -0.05) is 29.3 Å². The fourth-order valence-electron chi connectivity index (χ4n) is 1.90. The molecule has 1 aromatic carbocycles. The van der Waals surface area contributed by atoms with Crippen molar-refractivity contribution >= 4 is 23.2 Å². The van der Waals surface area contributed by atoms with Crippen LogP contribution in [0, 0.1) is 0 Å². The molecule has 0 fully saturated rings. The van der Waals surface area contributed by atoms with Gasteiger partial charge < -0.3 is 10.1 Å². The van der Waals surface area contributed by atoms with Crippen LogP contribution in [0.25, 0.3) is 0 Å². The third-order valence-electron chi connectivity index (χ3n) is 2.74. The van der Waals surface area contributed by atoms with Crippen LogP contribution in [0.1, 0.15) is 18.1 Å². The van der Waals surface area contributed by atoms with Crippen LogP contribution in [-0.4, -0.2) is 11.6 Å². The highest BCUT2D eigenvalue weighted by atomic mass is 35.5. The highest BCUT2D eigenvalue weighted by Gasteiger charge is 2.10. The topological polar surface area (TPSA) is 34.1 Å². The summed E-state index contributed by atoms with van der Waals surface area (Å²) < 4.78 is 5.58. The molecule has 0 aliphatic carbocycles. The Balaban J connectivity index is 2.05. The lowest BCUT2D eigenvalue weighted by molar-refractivity contribution is 0.335. The van der Waals surface area contributed by atoms with E-state index in [0.717, 1.165) is 17.7 Å². The van der Waals surface area contributed by atoms with E-state index in [1.165, 1.54) is 0 Å². The second-order valence-corrected chi connectivity index (χ2v) is 5.12. The lowest BCUT2D eigenvalue weighted by Gasteiger charge is -2.13. The van der Waals surface area contributed by atoms with Crippen LogP contribution in [0.15, 0.2) is 36.7 Å². The highest BCUT2D eigenvalue weighted by molar-refractivity contribution is 6.35. The van der Waals surface area contributed by atoms with Gasteiger partial charge in [-0.2, -0.15) is 0 Å². The maximum atomic E-state index is 6.16. The molecule has 2 rings (SSSR count). The van der Waals surface area contributed by atoms with Gasteiger partial charge in [0.05, 0.1) is 11.6 Å². The number of rotatable bonds is 6. The molecule has 2 aromatic rings. The van der Waals surface area contributed by atoms with Gasteiger partial charge in [-0.25, -0.2) is 0 Å². The lowest BCUT2D eigenvalue weighted by Crippen LogP contribution is -2.14. The molecular formula is C15H16Cl2N2O. The number of benzene rings is 1. The molecule has 0 aliphatic rings. The minimum atomic E-state index is 0.539. The molecule has 5 heteroatoms. The summed E-state index contributed by atoms with van der Waals surface area (Å²) in [4.78, 5) is 4.08. The summed E-state index contributed by atoms with van der Waals surface area (Å²) >= 11 is 12.2. The summed E-state index contributed by atoms with van der Waals surface area (Å²) in [6.45, 7) is 3.85. The van der Waals surface area contributed by atoms with Crippen LogP contribution >= 0.6 is 23.2 Å². The number of pyridine rings is 1. The van der Waals surface area contributed by atoms with Crippen molar-refractivity contribution in [2.24, 2.45) is 0 Å². The number of nitrogens with zero attached hydrogens (tertiary/aromatic N) is 1. The summed E-state index contributed by atoms with van der Waals surface area (Å²) in [5, 5.41) is 4.48. The quantitative estimate of drug-likeness (QED) is 0.873. The first-order chi connectivity index (χ1) is 9.70. The summed E-state index contributed by atoms with van der Waals surface area (Å²) in [6, 6.07) is 7.50. The predicted octanol–water partition coefficient (Wildman–Crippen LogP) is 4.08. The Morgan fingerprint density at radius 1 is 1.25 bits per heavy atom. The minimum absolute atomic E-state index is 0.539. The molecule has 0 amide bonds. The van der Waals surface area contributed by atoms with Gasteiger partial charge >= 0.3 is 0 Å². The predicted molar refractivity (Wildman–Crippen MR) is 82.4 cm³/mol. The maximum Gasteiger partial charge on any atom is 0.142 e. The second-order valence-electron chi connectivity index (χ2n) is 4.27. The van der Waals surface area contributed by atoms with Gasteiger partial charge in [0, 0.05) is 36.1 Å². The molecule has 20 heavy (non-hydrogen) atoms. The Kier molecular flexibility index (Phi) is 5.65. The standard InChI is InChI=1S/C15H16Cl2N2O/c1-2-20-15-12(6-13(16)7-14(15)17)10-19-9-11-4-3-5-18-8-11/h3-8,19H,2,9-10H2,1H3. The van der Waals surface area contributed by atoms with Crippen molar-refractivity contribution < 1.29 is 4.74 Å². The normalized spacial score (nSPS) is 10.6. The molecule has 0 saturated heterocycles. The first kappa shape index (κ1) is 15.1. The van der Waals surface area contributed by atoms with Crippen molar-refractivity contribution in [3.8, 4) is 5.75 Å². The average Bonchev–Trinajstić information content (AvgIpc) is 2.43. The summed E-state index contributed by atoms with van der Waals surface area (Å²) in [7, 11) is 0. The molecule has 0 radical (unpaired) electrons. The highest BCUT2D eigenvalue weighted by Crippen LogP contribution is 2.32. The van der Waals surface area contributed by atoms with E-state index in [-0.39, 0.29) is 0 Å². The molecule has 0 atom stereocenters. The number of hydrogen-bond acceptors (Lipinski definition) is 3. The Morgan fingerprint density at radius 3 is 2.80 bits per heavy atom. The van der Waals surface area contributed by atoms with E-state index in [0.29, 0.717) is 28.9 Å². The monoisotopic (exact) mass is 310 g/mol. The smallest absolute Gasteiger partial charge is 0.142 e. The number of aromatic nitrogens is 1. The van der Waals surface area contributed by atoms with Crippen molar-refractivity contribution in [2.75, 3.05) is 6.61 Å². The number of halogens is 2. The number of ether oxygens (including phenoxy) is 1.